The number of hydrogen-bond acceptors (Lipinski definition) is 3. The number of nitrogens with one attached hydrogen (secondary N) is 1. The van der Waals surface area contributed by atoms with Crippen LogP contribution < -0.4 is 5.32 Å². The quantitative estimate of drug-likeness (QED) is 0.738. The van der Waals surface area contributed by atoms with Gasteiger partial charge in [-0.1, -0.05) is 18.2 Å². The number of urea groups is 1. The van der Waals surface area contributed by atoms with E-state index in [1.807, 2.05) is 6.07 Å². The first-order chi connectivity index (χ1) is 13.6. The molecule has 6 heteroatoms. The second-order valence-corrected chi connectivity index (χ2v) is 7.35. The Hall–Kier alpha value is -2.57. The fourth-order valence-electron chi connectivity index (χ4n) is 4.15. The molecule has 3 aromatic rings. The summed E-state index contributed by atoms with van der Waals surface area (Å²) >= 11 is 0. The van der Waals surface area contributed by atoms with E-state index in [1.54, 1.807) is 12.0 Å². The fraction of sp³-hybridized carbons (Fsp3) is 0.409. The second-order valence-electron chi connectivity index (χ2n) is 7.35. The van der Waals surface area contributed by atoms with Crippen molar-refractivity contribution in [1.29, 1.82) is 0 Å². The Morgan fingerprint density at radius 2 is 1.93 bits per heavy atom. The molecular weight excluding hydrogens is 354 g/mol. The summed E-state index contributed by atoms with van der Waals surface area (Å²) < 4.78 is 13.1. The van der Waals surface area contributed by atoms with Crippen LogP contribution in [0.4, 0.5) is 10.5 Å². The van der Waals surface area contributed by atoms with E-state index in [4.69, 9.17) is 9.47 Å². The summed E-state index contributed by atoms with van der Waals surface area (Å²) in [6.07, 6.45) is 0. The first kappa shape index (κ1) is 18.8. The lowest BCUT2D eigenvalue weighted by molar-refractivity contribution is 0.0564. The van der Waals surface area contributed by atoms with Gasteiger partial charge in [-0.2, -0.15) is 0 Å². The summed E-state index contributed by atoms with van der Waals surface area (Å²) in [5, 5.41) is 5.47. The van der Waals surface area contributed by atoms with Crippen molar-refractivity contribution in [2.75, 3.05) is 45.3 Å². The Balaban J connectivity index is 1.78. The number of anilines is 1. The molecule has 0 radical (unpaired) electrons. The molecule has 1 unspecified atom stereocenters. The molecule has 28 heavy (non-hydrogen) atoms. The Bertz CT molecular complexity index is 1010. The van der Waals surface area contributed by atoms with Gasteiger partial charge in [0.05, 0.1) is 25.9 Å². The van der Waals surface area contributed by atoms with Crippen LogP contribution in [-0.4, -0.2) is 55.5 Å². The van der Waals surface area contributed by atoms with Crippen LogP contribution in [0.3, 0.4) is 0 Å². The maximum atomic E-state index is 12.7. The topological polar surface area (TPSA) is 55.7 Å². The molecule has 1 N–H and O–H groups in total. The van der Waals surface area contributed by atoms with Crippen molar-refractivity contribution >= 4 is 33.5 Å². The number of aryl methyl sites for hydroxylation is 1. The molecule has 0 saturated carbocycles. The maximum absolute atomic E-state index is 12.7. The van der Waals surface area contributed by atoms with E-state index in [0.29, 0.717) is 32.9 Å². The zero-order valence-corrected chi connectivity index (χ0v) is 16.7. The summed E-state index contributed by atoms with van der Waals surface area (Å²) in [4.78, 5) is 14.5. The Labute approximate surface area is 165 Å². The van der Waals surface area contributed by atoms with E-state index in [1.165, 1.54) is 16.3 Å². The van der Waals surface area contributed by atoms with E-state index in [9.17, 15) is 4.79 Å². The average Bonchev–Trinajstić information content (AvgIpc) is 3.06. The number of aromatic nitrogens is 1. The minimum Gasteiger partial charge on any atom is -0.383 e. The largest absolute Gasteiger partial charge is 0.383 e. The van der Waals surface area contributed by atoms with Crippen LogP contribution in [0.25, 0.3) is 21.8 Å². The molecule has 2 heterocycles. The second kappa shape index (κ2) is 7.81. The van der Waals surface area contributed by atoms with Gasteiger partial charge in [-0.3, -0.25) is 0 Å². The number of amides is 2. The maximum Gasteiger partial charge on any atom is 0.322 e. The molecule has 148 valence electrons. The van der Waals surface area contributed by atoms with Gasteiger partial charge in [-0.25, -0.2) is 4.79 Å². The Morgan fingerprint density at radius 1 is 1.18 bits per heavy atom. The first-order valence-electron chi connectivity index (χ1n) is 9.76. The van der Waals surface area contributed by atoms with E-state index in [0.717, 1.165) is 16.8 Å². The first-order valence-corrected chi connectivity index (χ1v) is 9.76. The lowest BCUT2D eigenvalue weighted by atomic mass is 10.1. The predicted molar refractivity (Wildman–Crippen MR) is 112 cm³/mol. The van der Waals surface area contributed by atoms with Crippen LogP contribution in [0.2, 0.25) is 0 Å². The van der Waals surface area contributed by atoms with Gasteiger partial charge in [-0.15, -0.1) is 0 Å². The Morgan fingerprint density at radius 3 is 2.68 bits per heavy atom. The molecule has 1 aromatic heterocycles. The normalized spacial score (nSPS) is 15.9. The lowest BCUT2D eigenvalue weighted by Gasteiger charge is -2.27. The number of para-hydroxylation sites is 1. The molecule has 1 aliphatic rings. The van der Waals surface area contributed by atoms with Gasteiger partial charge in [0.25, 0.3) is 0 Å². The van der Waals surface area contributed by atoms with Crippen LogP contribution in [-0.2, 0) is 9.47 Å². The number of nitrogens with zero attached hydrogens (tertiary/aromatic N) is 2. The van der Waals surface area contributed by atoms with Gasteiger partial charge in [-0.05, 0) is 37.6 Å². The molecule has 0 aliphatic carbocycles. The summed E-state index contributed by atoms with van der Waals surface area (Å²) in [5.41, 5.74) is 4.28. The highest BCUT2D eigenvalue weighted by molar-refractivity contribution is 6.12. The van der Waals surface area contributed by atoms with Gasteiger partial charge in [0, 0.05) is 47.7 Å². The lowest BCUT2D eigenvalue weighted by Crippen LogP contribution is -2.43. The standard InChI is InChI=1S/C22H27N3O3/c1-15(14-27-3)25-19-7-5-4-6-17(19)21-16(2)18(8-9-20(21)25)23-22(26)24-10-12-28-13-11-24/h4-9,15H,10-14H2,1-3H3,(H,23,26). The van der Waals surface area contributed by atoms with Crippen molar-refractivity contribution in [3.05, 3.63) is 42.0 Å². The summed E-state index contributed by atoms with van der Waals surface area (Å²) in [6, 6.07) is 12.7. The van der Waals surface area contributed by atoms with Gasteiger partial charge in [0.15, 0.2) is 0 Å². The van der Waals surface area contributed by atoms with Crippen molar-refractivity contribution < 1.29 is 14.3 Å². The molecule has 1 fully saturated rings. The fourth-order valence-corrected chi connectivity index (χ4v) is 4.15. The molecule has 1 saturated heterocycles. The van der Waals surface area contributed by atoms with Crippen LogP contribution in [0, 0.1) is 6.92 Å². The minimum absolute atomic E-state index is 0.0674. The highest BCUT2D eigenvalue weighted by Gasteiger charge is 2.20. The third kappa shape index (κ3) is 3.23. The van der Waals surface area contributed by atoms with E-state index < -0.39 is 0 Å². The molecule has 0 bridgehead atoms. The molecule has 1 aliphatic heterocycles. The minimum atomic E-state index is -0.0674. The zero-order valence-electron chi connectivity index (χ0n) is 16.7. The monoisotopic (exact) mass is 381 g/mol. The third-order valence-electron chi connectivity index (χ3n) is 5.52. The summed E-state index contributed by atoms with van der Waals surface area (Å²) in [5.74, 6) is 0. The summed E-state index contributed by atoms with van der Waals surface area (Å²) in [6.45, 7) is 7.32. The number of carbonyl (C=O) groups is 1. The van der Waals surface area contributed by atoms with E-state index >= 15 is 0 Å². The van der Waals surface area contributed by atoms with Gasteiger partial charge < -0.3 is 24.3 Å². The van der Waals surface area contributed by atoms with Crippen LogP contribution >= 0.6 is 0 Å². The molecule has 1 atom stereocenters. The van der Waals surface area contributed by atoms with Crippen molar-refractivity contribution in [2.45, 2.75) is 19.9 Å². The van der Waals surface area contributed by atoms with Crippen LogP contribution in [0.5, 0.6) is 0 Å². The van der Waals surface area contributed by atoms with Crippen LogP contribution in [0.1, 0.15) is 18.5 Å². The predicted octanol–water partition coefficient (Wildman–Crippen LogP) is 4.17. The molecular formula is C22H27N3O3. The van der Waals surface area contributed by atoms with Crippen molar-refractivity contribution in [3.8, 4) is 0 Å². The smallest absolute Gasteiger partial charge is 0.322 e. The molecule has 0 spiro atoms. The number of rotatable bonds is 4. The van der Waals surface area contributed by atoms with Crippen molar-refractivity contribution in [1.82, 2.24) is 9.47 Å². The Kier molecular flexibility index (Phi) is 5.24. The number of ether oxygens (including phenoxy) is 2. The number of carbonyl (C=O) groups excluding carboxylic acids is 1. The van der Waals surface area contributed by atoms with E-state index in [2.05, 4.69) is 54.1 Å². The van der Waals surface area contributed by atoms with Gasteiger partial charge in [0.1, 0.15) is 0 Å². The van der Waals surface area contributed by atoms with Crippen LogP contribution in [0.15, 0.2) is 36.4 Å². The third-order valence-corrected chi connectivity index (χ3v) is 5.52. The SMILES string of the molecule is COCC(C)n1c2ccccc2c2c(C)c(NC(=O)N3CCOCC3)ccc21. The number of hydrogen-bond donors (Lipinski definition) is 1. The summed E-state index contributed by atoms with van der Waals surface area (Å²) in [7, 11) is 1.73. The highest BCUT2D eigenvalue weighted by atomic mass is 16.5. The molecule has 2 amide bonds. The number of fused-ring (bicyclic) bond motifs is 3. The molecule has 2 aromatic carbocycles. The van der Waals surface area contributed by atoms with Gasteiger partial charge >= 0.3 is 6.03 Å². The average molecular weight is 381 g/mol. The zero-order chi connectivity index (χ0) is 19.7. The highest BCUT2D eigenvalue weighted by Crippen LogP contribution is 2.36. The molecule has 6 nitrogen and oxygen atoms in total. The number of morpholine rings is 1. The number of methoxy groups -OCH3 is 1. The van der Waals surface area contributed by atoms with Crippen molar-refractivity contribution in [3.63, 3.8) is 0 Å². The van der Waals surface area contributed by atoms with E-state index in [-0.39, 0.29) is 12.1 Å². The number of benzene rings is 2. The van der Waals surface area contributed by atoms with Crippen molar-refractivity contribution in [2.24, 2.45) is 0 Å². The van der Waals surface area contributed by atoms with Gasteiger partial charge in [0.2, 0.25) is 0 Å². The molecule has 4 rings (SSSR count).